The predicted octanol–water partition coefficient (Wildman–Crippen LogP) is 2.24. The quantitative estimate of drug-likeness (QED) is 0.517. The summed E-state index contributed by atoms with van der Waals surface area (Å²) in [5, 5.41) is 0. The molecule has 0 aliphatic carbocycles. The highest BCUT2D eigenvalue weighted by atomic mass is 32.2. The zero-order valence-electron chi connectivity index (χ0n) is 15.3. The van der Waals surface area contributed by atoms with Gasteiger partial charge >= 0.3 is 5.97 Å². The van der Waals surface area contributed by atoms with E-state index in [4.69, 9.17) is 4.74 Å². The number of esters is 1. The number of sulfone groups is 1. The molecule has 1 aromatic rings. The normalized spacial score (nSPS) is 18.7. The van der Waals surface area contributed by atoms with Crippen molar-refractivity contribution in [1.82, 2.24) is 4.90 Å². The van der Waals surface area contributed by atoms with Crippen LogP contribution in [0.5, 0.6) is 0 Å². The Morgan fingerprint density at radius 1 is 1.31 bits per heavy atom. The Balaban J connectivity index is 2.04. The molecule has 1 atom stereocenters. The highest BCUT2D eigenvalue weighted by Gasteiger charge is 2.35. The number of carbonyl (C=O) groups excluding carboxylic acids is 2. The van der Waals surface area contributed by atoms with Crippen molar-refractivity contribution in [2.75, 3.05) is 30.9 Å². The van der Waals surface area contributed by atoms with Gasteiger partial charge in [0.1, 0.15) is 0 Å². The first kappa shape index (κ1) is 20.8. The molecule has 0 aromatic heterocycles. The minimum absolute atomic E-state index is 0.0191. The van der Waals surface area contributed by atoms with Crippen LogP contribution in [0.15, 0.2) is 29.2 Å². The maximum absolute atomic E-state index is 12.6. The molecule has 0 N–H and O–H groups in total. The van der Waals surface area contributed by atoms with Crippen molar-refractivity contribution in [1.29, 1.82) is 0 Å². The van der Waals surface area contributed by atoms with Gasteiger partial charge in [-0.05, 0) is 30.7 Å². The lowest BCUT2D eigenvalue weighted by Gasteiger charge is -2.29. The molecule has 1 saturated heterocycles. The summed E-state index contributed by atoms with van der Waals surface area (Å²) in [6.45, 7) is 3.98. The van der Waals surface area contributed by atoms with Gasteiger partial charge in [0.05, 0.1) is 17.1 Å². The van der Waals surface area contributed by atoms with E-state index in [0.29, 0.717) is 18.5 Å². The first-order valence-corrected chi connectivity index (χ1v) is 11.6. The molecular weight excluding hydrogens is 374 g/mol. The second-order valence-electron chi connectivity index (χ2n) is 6.77. The number of rotatable bonds is 7. The van der Waals surface area contributed by atoms with Gasteiger partial charge in [-0.3, -0.25) is 4.79 Å². The lowest BCUT2D eigenvalue weighted by atomic mass is 10.1. The SMILES string of the molecule is CSc1ccccc1C(=O)OCC(=O)N(CC(C)C)[C@@H]1CCS(=O)(=O)C1. The van der Waals surface area contributed by atoms with Gasteiger partial charge in [0.2, 0.25) is 0 Å². The largest absolute Gasteiger partial charge is 0.452 e. The smallest absolute Gasteiger partial charge is 0.339 e. The van der Waals surface area contributed by atoms with Crippen molar-refractivity contribution in [3.8, 4) is 0 Å². The molecule has 6 nitrogen and oxygen atoms in total. The minimum atomic E-state index is -3.10. The third-order valence-corrected chi connectivity index (χ3v) is 6.73. The van der Waals surface area contributed by atoms with Crippen LogP contribution in [0.4, 0.5) is 0 Å². The van der Waals surface area contributed by atoms with Crippen LogP contribution in [-0.2, 0) is 19.4 Å². The number of benzene rings is 1. The summed E-state index contributed by atoms with van der Waals surface area (Å²) < 4.78 is 28.7. The number of amides is 1. The van der Waals surface area contributed by atoms with E-state index in [2.05, 4.69) is 0 Å². The number of ether oxygens (including phenoxy) is 1. The first-order valence-electron chi connectivity index (χ1n) is 8.53. The molecule has 144 valence electrons. The van der Waals surface area contributed by atoms with Gasteiger partial charge in [0, 0.05) is 17.5 Å². The third kappa shape index (κ3) is 5.48. The van der Waals surface area contributed by atoms with Gasteiger partial charge in [-0.15, -0.1) is 11.8 Å². The average Bonchev–Trinajstić information content (AvgIpc) is 2.96. The van der Waals surface area contributed by atoms with Gasteiger partial charge in [-0.25, -0.2) is 13.2 Å². The lowest BCUT2D eigenvalue weighted by molar-refractivity contribution is -0.137. The van der Waals surface area contributed by atoms with Gasteiger partial charge in [-0.2, -0.15) is 0 Å². The molecular formula is C18H25NO5S2. The minimum Gasteiger partial charge on any atom is -0.452 e. The Labute approximate surface area is 159 Å². The number of hydrogen-bond donors (Lipinski definition) is 0. The van der Waals surface area contributed by atoms with Crippen LogP contribution in [0.1, 0.15) is 30.6 Å². The van der Waals surface area contributed by atoms with Crippen molar-refractivity contribution in [2.45, 2.75) is 31.2 Å². The fourth-order valence-corrected chi connectivity index (χ4v) is 5.29. The van der Waals surface area contributed by atoms with Crippen LogP contribution < -0.4 is 0 Å². The van der Waals surface area contributed by atoms with Crippen molar-refractivity contribution >= 4 is 33.5 Å². The number of carbonyl (C=O) groups is 2. The monoisotopic (exact) mass is 399 g/mol. The third-order valence-electron chi connectivity index (χ3n) is 4.18. The van der Waals surface area contributed by atoms with Crippen molar-refractivity contribution in [2.24, 2.45) is 5.92 Å². The second-order valence-corrected chi connectivity index (χ2v) is 9.85. The van der Waals surface area contributed by atoms with E-state index >= 15 is 0 Å². The fourth-order valence-electron chi connectivity index (χ4n) is 2.97. The topological polar surface area (TPSA) is 80.8 Å². The van der Waals surface area contributed by atoms with E-state index in [1.54, 1.807) is 17.0 Å². The van der Waals surface area contributed by atoms with E-state index in [-0.39, 0.29) is 36.0 Å². The maximum atomic E-state index is 12.6. The molecule has 1 aliphatic rings. The Morgan fingerprint density at radius 3 is 2.58 bits per heavy atom. The van der Waals surface area contributed by atoms with Crippen LogP contribution in [0, 0.1) is 5.92 Å². The molecule has 1 heterocycles. The molecule has 0 bridgehead atoms. The van der Waals surface area contributed by atoms with Crippen LogP contribution in [0.3, 0.4) is 0 Å². The Kier molecular flexibility index (Phi) is 7.11. The Hall–Kier alpha value is -1.54. The number of nitrogens with zero attached hydrogens (tertiary/aromatic N) is 1. The molecule has 2 rings (SSSR count). The van der Waals surface area contributed by atoms with E-state index in [0.717, 1.165) is 4.90 Å². The molecule has 1 aromatic carbocycles. The van der Waals surface area contributed by atoms with E-state index in [1.807, 2.05) is 32.2 Å². The second kappa shape index (κ2) is 8.90. The molecule has 1 aliphatic heterocycles. The van der Waals surface area contributed by atoms with Crippen LogP contribution in [-0.4, -0.2) is 62.1 Å². The summed E-state index contributed by atoms with van der Waals surface area (Å²) >= 11 is 1.43. The molecule has 26 heavy (non-hydrogen) atoms. The highest BCUT2D eigenvalue weighted by molar-refractivity contribution is 7.98. The molecule has 0 unspecified atom stereocenters. The predicted molar refractivity (Wildman–Crippen MR) is 102 cm³/mol. The Bertz CT molecular complexity index is 761. The first-order chi connectivity index (χ1) is 12.2. The molecule has 0 spiro atoms. The number of hydrogen-bond acceptors (Lipinski definition) is 6. The van der Waals surface area contributed by atoms with Crippen LogP contribution in [0.2, 0.25) is 0 Å². The van der Waals surface area contributed by atoms with Crippen molar-refractivity contribution < 1.29 is 22.7 Å². The van der Waals surface area contributed by atoms with Gasteiger partial charge in [-0.1, -0.05) is 26.0 Å². The van der Waals surface area contributed by atoms with Gasteiger partial charge in [0.25, 0.3) is 5.91 Å². The molecule has 1 fully saturated rings. The summed E-state index contributed by atoms with van der Waals surface area (Å²) in [6, 6.07) is 6.71. The molecule has 0 radical (unpaired) electrons. The fraction of sp³-hybridized carbons (Fsp3) is 0.556. The average molecular weight is 400 g/mol. The van der Waals surface area contributed by atoms with E-state index in [9.17, 15) is 18.0 Å². The van der Waals surface area contributed by atoms with E-state index in [1.165, 1.54) is 11.8 Å². The summed E-state index contributed by atoms with van der Waals surface area (Å²) in [6.07, 6.45) is 2.30. The summed E-state index contributed by atoms with van der Waals surface area (Å²) in [7, 11) is -3.10. The van der Waals surface area contributed by atoms with E-state index < -0.39 is 15.8 Å². The van der Waals surface area contributed by atoms with Crippen molar-refractivity contribution in [3.05, 3.63) is 29.8 Å². The molecule has 8 heteroatoms. The zero-order valence-corrected chi connectivity index (χ0v) is 16.9. The Morgan fingerprint density at radius 2 is 2.00 bits per heavy atom. The highest BCUT2D eigenvalue weighted by Crippen LogP contribution is 2.22. The summed E-state index contributed by atoms with van der Waals surface area (Å²) in [4.78, 5) is 27.3. The van der Waals surface area contributed by atoms with Gasteiger partial charge in [0.15, 0.2) is 16.4 Å². The maximum Gasteiger partial charge on any atom is 0.339 e. The van der Waals surface area contributed by atoms with Crippen LogP contribution >= 0.6 is 11.8 Å². The van der Waals surface area contributed by atoms with Gasteiger partial charge < -0.3 is 9.64 Å². The molecule has 0 saturated carbocycles. The summed E-state index contributed by atoms with van der Waals surface area (Å²) in [5.41, 5.74) is 0.423. The number of thioether (sulfide) groups is 1. The van der Waals surface area contributed by atoms with Crippen molar-refractivity contribution in [3.63, 3.8) is 0 Å². The zero-order chi connectivity index (χ0) is 19.3. The lowest BCUT2D eigenvalue weighted by Crippen LogP contribution is -2.45. The standard InChI is InChI=1S/C18H25NO5S2/c1-13(2)10-19(14-8-9-26(22,23)12-14)17(20)11-24-18(21)15-6-4-5-7-16(15)25-3/h4-7,13-14H,8-12H2,1-3H3/t14-/m1/s1. The molecule has 1 amide bonds. The summed E-state index contributed by atoms with van der Waals surface area (Å²) in [5.74, 6) is -0.632. The van der Waals surface area contributed by atoms with Crippen LogP contribution in [0.25, 0.3) is 0 Å².